The first-order valence-corrected chi connectivity index (χ1v) is 7.89. The molecule has 1 N–H and O–H groups in total. The van der Waals surface area contributed by atoms with E-state index in [2.05, 4.69) is 29.3 Å². The molecule has 2 rings (SSSR count). The summed E-state index contributed by atoms with van der Waals surface area (Å²) in [7, 11) is 0. The Balaban J connectivity index is 1.81. The molecule has 6 nitrogen and oxygen atoms in total. The second kappa shape index (κ2) is 8.79. The molecule has 0 aliphatic heterocycles. The highest BCUT2D eigenvalue weighted by molar-refractivity contribution is 5.94. The van der Waals surface area contributed by atoms with Gasteiger partial charge in [0.2, 0.25) is 0 Å². The average molecular weight is 327 g/mol. The predicted molar refractivity (Wildman–Crippen MR) is 92.8 cm³/mol. The summed E-state index contributed by atoms with van der Waals surface area (Å²) in [6.07, 6.45) is 0. The zero-order valence-electron chi connectivity index (χ0n) is 13.6. The van der Waals surface area contributed by atoms with Crippen LogP contribution in [0.25, 0.3) is 0 Å². The van der Waals surface area contributed by atoms with Gasteiger partial charge in [-0.3, -0.25) is 19.8 Å². The summed E-state index contributed by atoms with van der Waals surface area (Å²) >= 11 is 0. The van der Waals surface area contributed by atoms with E-state index < -0.39 is 4.92 Å². The van der Waals surface area contributed by atoms with E-state index in [-0.39, 0.29) is 11.6 Å². The summed E-state index contributed by atoms with van der Waals surface area (Å²) in [5, 5.41) is 13.5. The van der Waals surface area contributed by atoms with Gasteiger partial charge in [-0.1, -0.05) is 37.3 Å². The molecule has 0 saturated heterocycles. The van der Waals surface area contributed by atoms with Crippen LogP contribution in [-0.2, 0) is 6.54 Å². The number of nitrogens with one attached hydrogen (secondary N) is 1. The van der Waals surface area contributed by atoms with E-state index in [1.54, 1.807) is 0 Å². The first-order chi connectivity index (χ1) is 11.6. The highest BCUT2D eigenvalue weighted by Gasteiger charge is 2.10. The number of carbonyl (C=O) groups excluding carboxylic acids is 1. The van der Waals surface area contributed by atoms with Crippen molar-refractivity contribution in [2.45, 2.75) is 13.5 Å². The van der Waals surface area contributed by atoms with Crippen molar-refractivity contribution in [3.8, 4) is 0 Å². The standard InChI is InChI=1S/C18H21N3O3/c1-2-20(14-15-6-4-3-5-7-15)13-12-19-18(22)16-8-10-17(11-9-16)21(23)24/h3-11H,2,12-14H2,1H3,(H,19,22). The van der Waals surface area contributed by atoms with Crippen LogP contribution < -0.4 is 5.32 Å². The summed E-state index contributed by atoms with van der Waals surface area (Å²) in [5.74, 6) is -0.222. The van der Waals surface area contributed by atoms with Crippen molar-refractivity contribution in [3.05, 3.63) is 75.8 Å². The van der Waals surface area contributed by atoms with E-state index in [9.17, 15) is 14.9 Å². The van der Waals surface area contributed by atoms with E-state index in [1.165, 1.54) is 29.8 Å². The van der Waals surface area contributed by atoms with Gasteiger partial charge in [0.15, 0.2) is 0 Å². The molecule has 0 saturated carbocycles. The summed E-state index contributed by atoms with van der Waals surface area (Å²) in [5.41, 5.74) is 1.64. The van der Waals surface area contributed by atoms with Crippen molar-refractivity contribution in [1.29, 1.82) is 0 Å². The third kappa shape index (κ3) is 5.17. The zero-order chi connectivity index (χ0) is 17.4. The highest BCUT2D eigenvalue weighted by Crippen LogP contribution is 2.11. The number of hydrogen-bond donors (Lipinski definition) is 1. The van der Waals surface area contributed by atoms with Gasteiger partial charge in [-0.2, -0.15) is 0 Å². The maximum Gasteiger partial charge on any atom is 0.269 e. The van der Waals surface area contributed by atoms with Crippen LogP contribution in [0.4, 0.5) is 5.69 Å². The van der Waals surface area contributed by atoms with Crippen molar-refractivity contribution < 1.29 is 9.72 Å². The number of carbonyl (C=O) groups is 1. The molecule has 126 valence electrons. The third-order valence-electron chi connectivity index (χ3n) is 3.75. The normalized spacial score (nSPS) is 10.6. The molecule has 2 aromatic rings. The second-order valence-corrected chi connectivity index (χ2v) is 5.41. The summed E-state index contributed by atoms with van der Waals surface area (Å²) in [6, 6.07) is 15.8. The number of non-ortho nitro benzene ring substituents is 1. The largest absolute Gasteiger partial charge is 0.351 e. The van der Waals surface area contributed by atoms with Gasteiger partial charge in [0.25, 0.3) is 11.6 Å². The SMILES string of the molecule is CCN(CCNC(=O)c1ccc([N+](=O)[O-])cc1)Cc1ccccc1. The van der Waals surface area contributed by atoms with Gasteiger partial charge in [0, 0.05) is 37.3 Å². The fourth-order valence-corrected chi connectivity index (χ4v) is 2.35. The molecule has 0 fully saturated rings. The van der Waals surface area contributed by atoms with Gasteiger partial charge in [-0.05, 0) is 24.2 Å². The van der Waals surface area contributed by atoms with Crippen LogP contribution in [0.5, 0.6) is 0 Å². The van der Waals surface area contributed by atoms with Gasteiger partial charge >= 0.3 is 0 Å². The van der Waals surface area contributed by atoms with Gasteiger partial charge in [-0.15, -0.1) is 0 Å². The van der Waals surface area contributed by atoms with Crippen molar-refractivity contribution in [2.24, 2.45) is 0 Å². The Morgan fingerprint density at radius 1 is 1.12 bits per heavy atom. The Morgan fingerprint density at radius 3 is 2.38 bits per heavy atom. The topological polar surface area (TPSA) is 75.5 Å². The minimum atomic E-state index is -0.482. The molecule has 1 amide bonds. The number of nitrogens with zero attached hydrogens (tertiary/aromatic N) is 2. The molecule has 2 aromatic carbocycles. The summed E-state index contributed by atoms with van der Waals surface area (Å²) in [4.78, 5) is 24.4. The first kappa shape index (κ1) is 17.6. The lowest BCUT2D eigenvalue weighted by Crippen LogP contribution is -2.34. The molecular weight excluding hydrogens is 306 g/mol. The minimum Gasteiger partial charge on any atom is -0.351 e. The van der Waals surface area contributed by atoms with Crippen LogP contribution in [0.15, 0.2) is 54.6 Å². The second-order valence-electron chi connectivity index (χ2n) is 5.41. The van der Waals surface area contributed by atoms with Gasteiger partial charge < -0.3 is 5.32 Å². The number of rotatable bonds is 8. The lowest BCUT2D eigenvalue weighted by molar-refractivity contribution is -0.384. The molecule has 0 aromatic heterocycles. The van der Waals surface area contributed by atoms with E-state index in [0.717, 1.165) is 19.6 Å². The van der Waals surface area contributed by atoms with E-state index >= 15 is 0 Å². The molecular formula is C18H21N3O3. The van der Waals surface area contributed by atoms with Crippen molar-refractivity contribution in [3.63, 3.8) is 0 Å². The molecule has 0 aliphatic rings. The highest BCUT2D eigenvalue weighted by atomic mass is 16.6. The number of benzene rings is 2. The molecule has 0 unspecified atom stereocenters. The molecule has 0 heterocycles. The summed E-state index contributed by atoms with van der Waals surface area (Å²) < 4.78 is 0. The fourth-order valence-electron chi connectivity index (χ4n) is 2.35. The third-order valence-corrected chi connectivity index (χ3v) is 3.75. The Hall–Kier alpha value is -2.73. The fraction of sp³-hybridized carbons (Fsp3) is 0.278. The van der Waals surface area contributed by atoms with Crippen LogP contribution in [0.2, 0.25) is 0 Å². The molecule has 0 aliphatic carbocycles. The lowest BCUT2D eigenvalue weighted by Gasteiger charge is -2.20. The lowest BCUT2D eigenvalue weighted by atomic mass is 10.2. The maximum atomic E-state index is 12.1. The number of likely N-dealkylation sites (N-methyl/N-ethyl adjacent to an activating group) is 1. The van der Waals surface area contributed by atoms with Gasteiger partial charge in [-0.25, -0.2) is 0 Å². The number of nitro benzene ring substituents is 1. The van der Waals surface area contributed by atoms with E-state index in [4.69, 9.17) is 0 Å². The van der Waals surface area contributed by atoms with Gasteiger partial charge in [0.05, 0.1) is 4.92 Å². The Kier molecular flexibility index (Phi) is 6.45. The predicted octanol–water partition coefficient (Wildman–Crippen LogP) is 2.85. The average Bonchev–Trinajstić information content (AvgIpc) is 2.61. The summed E-state index contributed by atoms with van der Waals surface area (Å²) in [6.45, 7) is 5.08. The van der Waals surface area contributed by atoms with Gasteiger partial charge in [0.1, 0.15) is 0 Å². The number of amides is 1. The minimum absolute atomic E-state index is 0.0217. The molecule has 0 bridgehead atoms. The Morgan fingerprint density at radius 2 is 1.79 bits per heavy atom. The molecule has 24 heavy (non-hydrogen) atoms. The van der Waals surface area contributed by atoms with Crippen molar-refractivity contribution >= 4 is 11.6 Å². The number of nitro groups is 1. The van der Waals surface area contributed by atoms with Crippen LogP contribution in [-0.4, -0.2) is 35.4 Å². The molecule has 0 atom stereocenters. The monoisotopic (exact) mass is 327 g/mol. The van der Waals surface area contributed by atoms with E-state index in [1.807, 2.05) is 18.2 Å². The number of hydrogen-bond acceptors (Lipinski definition) is 4. The first-order valence-electron chi connectivity index (χ1n) is 7.89. The Bertz CT molecular complexity index is 672. The zero-order valence-corrected chi connectivity index (χ0v) is 13.6. The molecule has 0 spiro atoms. The molecule has 0 radical (unpaired) electrons. The van der Waals surface area contributed by atoms with Crippen LogP contribution in [0.3, 0.4) is 0 Å². The smallest absolute Gasteiger partial charge is 0.269 e. The van der Waals surface area contributed by atoms with Crippen LogP contribution >= 0.6 is 0 Å². The maximum absolute atomic E-state index is 12.1. The van der Waals surface area contributed by atoms with Crippen LogP contribution in [0, 0.1) is 10.1 Å². The quantitative estimate of drug-likeness (QED) is 0.597. The van der Waals surface area contributed by atoms with Crippen molar-refractivity contribution in [2.75, 3.05) is 19.6 Å². The van der Waals surface area contributed by atoms with E-state index in [0.29, 0.717) is 12.1 Å². The Labute approximate surface area is 141 Å². The van der Waals surface area contributed by atoms with Crippen molar-refractivity contribution in [1.82, 2.24) is 10.2 Å². The van der Waals surface area contributed by atoms with Crippen LogP contribution in [0.1, 0.15) is 22.8 Å². The molecule has 6 heteroatoms.